The number of benzene rings is 1. The number of piperazine rings is 1. The number of rotatable bonds is 3. The zero-order valence-corrected chi connectivity index (χ0v) is 11.7. The highest BCUT2D eigenvalue weighted by Crippen LogP contribution is 2.28. The molecule has 3 rings (SSSR count). The van der Waals surface area contributed by atoms with E-state index < -0.39 is 0 Å². The van der Waals surface area contributed by atoms with E-state index in [2.05, 4.69) is 64.7 Å². The lowest BCUT2D eigenvalue weighted by Gasteiger charge is -2.34. The van der Waals surface area contributed by atoms with Gasteiger partial charge in [-0.15, -0.1) is 0 Å². The molecule has 4 nitrogen and oxygen atoms in total. The summed E-state index contributed by atoms with van der Waals surface area (Å²) in [5.41, 5.74) is 2.68. The van der Waals surface area contributed by atoms with Crippen LogP contribution >= 0.6 is 0 Å². The monoisotopic (exact) mass is 258 g/mol. The molecule has 2 N–H and O–H groups in total. The highest BCUT2D eigenvalue weighted by molar-refractivity contribution is 5.84. The van der Waals surface area contributed by atoms with E-state index in [4.69, 9.17) is 0 Å². The van der Waals surface area contributed by atoms with Crippen molar-refractivity contribution in [1.82, 2.24) is 20.1 Å². The summed E-state index contributed by atoms with van der Waals surface area (Å²) >= 11 is 0. The lowest BCUT2D eigenvalue weighted by atomic mass is 10.1. The number of hydrogen-bond acceptors (Lipinski definition) is 3. The van der Waals surface area contributed by atoms with Gasteiger partial charge in [0, 0.05) is 55.9 Å². The molecule has 0 spiro atoms. The molecule has 0 amide bonds. The predicted octanol–water partition coefficient (Wildman–Crippen LogP) is 1.30. The van der Waals surface area contributed by atoms with Crippen molar-refractivity contribution in [2.24, 2.45) is 7.05 Å². The minimum Gasteiger partial charge on any atom is -0.350 e. The van der Waals surface area contributed by atoms with Gasteiger partial charge in [-0.3, -0.25) is 4.90 Å². The van der Waals surface area contributed by atoms with Gasteiger partial charge in [0.1, 0.15) is 0 Å². The molecule has 1 atom stereocenters. The molecule has 0 bridgehead atoms. The fraction of sp³-hybridized carbons (Fsp3) is 0.467. The number of aromatic nitrogens is 1. The molecule has 1 unspecified atom stereocenters. The quantitative estimate of drug-likeness (QED) is 0.870. The van der Waals surface area contributed by atoms with E-state index in [1.807, 2.05) is 0 Å². The Morgan fingerprint density at radius 2 is 1.95 bits per heavy atom. The average Bonchev–Trinajstić information content (AvgIpc) is 2.79. The van der Waals surface area contributed by atoms with Crippen LogP contribution in [0.25, 0.3) is 10.9 Å². The summed E-state index contributed by atoms with van der Waals surface area (Å²) in [4.78, 5) is 2.51. The molecule has 0 saturated carbocycles. The van der Waals surface area contributed by atoms with Gasteiger partial charge in [0.15, 0.2) is 0 Å². The van der Waals surface area contributed by atoms with Crippen LogP contribution in [0.2, 0.25) is 0 Å². The molecule has 1 fully saturated rings. The predicted molar refractivity (Wildman–Crippen MR) is 79.2 cm³/mol. The normalized spacial score (nSPS) is 18.8. The second-order valence-corrected chi connectivity index (χ2v) is 5.19. The average molecular weight is 258 g/mol. The summed E-state index contributed by atoms with van der Waals surface area (Å²) in [6.45, 7) is 4.33. The van der Waals surface area contributed by atoms with Gasteiger partial charge < -0.3 is 15.2 Å². The van der Waals surface area contributed by atoms with Crippen molar-refractivity contribution in [1.29, 1.82) is 0 Å². The van der Waals surface area contributed by atoms with E-state index >= 15 is 0 Å². The van der Waals surface area contributed by atoms with Crippen LogP contribution in [0.3, 0.4) is 0 Å². The van der Waals surface area contributed by atoms with E-state index in [1.54, 1.807) is 0 Å². The van der Waals surface area contributed by atoms with Crippen LogP contribution in [0.1, 0.15) is 11.7 Å². The number of para-hydroxylation sites is 1. The van der Waals surface area contributed by atoms with Crippen LogP contribution < -0.4 is 10.6 Å². The lowest BCUT2D eigenvalue weighted by molar-refractivity contribution is 0.154. The Bertz CT molecular complexity index is 554. The molecule has 19 heavy (non-hydrogen) atoms. The van der Waals surface area contributed by atoms with Gasteiger partial charge in [-0.05, 0) is 13.1 Å². The molecule has 0 radical (unpaired) electrons. The van der Waals surface area contributed by atoms with E-state index in [9.17, 15) is 0 Å². The van der Waals surface area contributed by atoms with Crippen molar-refractivity contribution in [3.05, 3.63) is 36.0 Å². The third-order valence-corrected chi connectivity index (χ3v) is 4.01. The molecular formula is C15H22N4. The first-order chi connectivity index (χ1) is 9.31. The third kappa shape index (κ3) is 2.27. The summed E-state index contributed by atoms with van der Waals surface area (Å²) in [7, 11) is 4.17. The van der Waals surface area contributed by atoms with Crippen LogP contribution in [0.5, 0.6) is 0 Å². The van der Waals surface area contributed by atoms with Crippen LogP contribution in [-0.2, 0) is 7.05 Å². The SMILES string of the molecule is CNC(c1cn(C)c2ccccc12)N1CCNCC1. The number of nitrogens with zero attached hydrogens (tertiary/aromatic N) is 2. The third-order valence-electron chi connectivity index (χ3n) is 4.01. The Kier molecular flexibility index (Phi) is 3.55. The van der Waals surface area contributed by atoms with Gasteiger partial charge in [0.05, 0.1) is 6.17 Å². The first-order valence-electron chi connectivity index (χ1n) is 6.97. The zero-order chi connectivity index (χ0) is 13.2. The lowest BCUT2D eigenvalue weighted by Crippen LogP contribution is -2.48. The van der Waals surface area contributed by atoms with Crippen molar-refractivity contribution < 1.29 is 0 Å². The number of fused-ring (bicyclic) bond motifs is 1. The van der Waals surface area contributed by atoms with Gasteiger partial charge >= 0.3 is 0 Å². The molecule has 4 heteroatoms. The van der Waals surface area contributed by atoms with Gasteiger partial charge in [-0.2, -0.15) is 0 Å². The van der Waals surface area contributed by atoms with E-state index in [1.165, 1.54) is 16.5 Å². The smallest absolute Gasteiger partial charge is 0.0880 e. The first-order valence-corrected chi connectivity index (χ1v) is 6.97. The topological polar surface area (TPSA) is 32.2 Å². The fourth-order valence-corrected chi connectivity index (χ4v) is 3.07. The number of aryl methyl sites for hydroxylation is 1. The molecule has 1 aliphatic rings. The van der Waals surface area contributed by atoms with Crippen LogP contribution in [-0.4, -0.2) is 42.7 Å². The first kappa shape index (κ1) is 12.7. The molecule has 0 aliphatic carbocycles. The molecular weight excluding hydrogens is 236 g/mol. The van der Waals surface area contributed by atoms with E-state index in [0.29, 0.717) is 6.17 Å². The highest BCUT2D eigenvalue weighted by atomic mass is 15.3. The van der Waals surface area contributed by atoms with Crippen molar-refractivity contribution in [2.75, 3.05) is 33.2 Å². The van der Waals surface area contributed by atoms with Crippen LogP contribution in [0.15, 0.2) is 30.5 Å². The van der Waals surface area contributed by atoms with Gasteiger partial charge in [-0.1, -0.05) is 18.2 Å². The number of hydrogen-bond donors (Lipinski definition) is 2. The zero-order valence-electron chi connectivity index (χ0n) is 11.7. The molecule has 1 aromatic carbocycles. The maximum Gasteiger partial charge on any atom is 0.0880 e. The maximum absolute atomic E-state index is 3.48. The summed E-state index contributed by atoms with van der Waals surface area (Å²) in [5, 5.41) is 8.24. The van der Waals surface area contributed by atoms with E-state index in [-0.39, 0.29) is 0 Å². The Morgan fingerprint density at radius 3 is 2.68 bits per heavy atom. The molecule has 1 aliphatic heterocycles. The summed E-state index contributed by atoms with van der Waals surface area (Å²) in [6.07, 6.45) is 2.56. The second-order valence-electron chi connectivity index (χ2n) is 5.19. The van der Waals surface area contributed by atoms with Crippen LogP contribution in [0.4, 0.5) is 0 Å². The highest BCUT2D eigenvalue weighted by Gasteiger charge is 2.23. The Hall–Kier alpha value is -1.36. The molecule has 1 saturated heterocycles. The Labute approximate surface area is 114 Å². The Morgan fingerprint density at radius 1 is 1.21 bits per heavy atom. The van der Waals surface area contributed by atoms with Gasteiger partial charge in [0.25, 0.3) is 0 Å². The molecule has 2 aromatic rings. The summed E-state index contributed by atoms with van der Waals surface area (Å²) < 4.78 is 2.22. The standard InChI is InChI=1S/C15H22N4/c1-16-15(19-9-7-17-8-10-19)13-11-18(2)14-6-4-3-5-12(13)14/h3-6,11,15-17H,7-10H2,1-2H3. The van der Waals surface area contributed by atoms with Gasteiger partial charge in [0.2, 0.25) is 0 Å². The minimum absolute atomic E-state index is 0.299. The number of nitrogens with one attached hydrogen (secondary N) is 2. The maximum atomic E-state index is 3.48. The minimum atomic E-state index is 0.299. The summed E-state index contributed by atoms with van der Waals surface area (Å²) in [6, 6.07) is 8.63. The van der Waals surface area contributed by atoms with Crippen molar-refractivity contribution in [2.45, 2.75) is 6.17 Å². The Balaban J connectivity index is 2.01. The fourth-order valence-electron chi connectivity index (χ4n) is 3.07. The summed E-state index contributed by atoms with van der Waals surface area (Å²) in [5.74, 6) is 0. The largest absolute Gasteiger partial charge is 0.350 e. The second kappa shape index (κ2) is 5.33. The van der Waals surface area contributed by atoms with Crippen LogP contribution in [0, 0.1) is 0 Å². The van der Waals surface area contributed by atoms with Gasteiger partial charge in [-0.25, -0.2) is 0 Å². The molecule has 1 aromatic heterocycles. The van der Waals surface area contributed by atoms with Crippen molar-refractivity contribution in [3.63, 3.8) is 0 Å². The van der Waals surface area contributed by atoms with Crippen molar-refractivity contribution in [3.8, 4) is 0 Å². The van der Waals surface area contributed by atoms with Crippen molar-refractivity contribution >= 4 is 10.9 Å². The van der Waals surface area contributed by atoms with E-state index in [0.717, 1.165) is 26.2 Å². The molecule has 2 heterocycles. The molecule has 102 valence electrons.